The topological polar surface area (TPSA) is 59.1 Å². The second-order valence-corrected chi connectivity index (χ2v) is 3.20. The molecular weight excluding hydrogens is 176 g/mol. The van der Waals surface area contributed by atoms with Crippen molar-refractivity contribution in [2.24, 2.45) is 5.73 Å². The highest BCUT2D eigenvalue weighted by atomic mass is 16.5. The molecule has 0 aliphatic heterocycles. The van der Waals surface area contributed by atoms with Crippen LogP contribution in [0.1, 0.15) is 18.1 Å². The lowest BCUT2D eigenvalue weighted by Crippen LogP contribution is -2.13. The van der Waals surface area contributed by atoms with E-state index < -0.39 is 0 Å². The number of methoxy groups -OCH3 is 1. The van der Waals surface area contributed by atoms with Crippen molar-refractivity contribution < 1.29 is 4.74 Å². The summed E-state index contributed by atoms with van der Waals surface area (Å²) in [5.74, 6) is 0.979. The van der Waals surface area contributed by atoms with Crippen LogP contribution in [-0.4, -0.2) is 12.9 Å². The van der Waals surface area contributed by atoms with Gasteiger partial charge < -0.3 is 10.5 Å². The molecule has 0 fully saturated rings. The molecular formula is C11H16N2O. The van der Waals surface area contributed by atoms with Gasteiger partial charge in [-0.3, -0.25) is 5.41 Å². The second-order valence-electron chi connectivity index (χ2n) is 3.20. The SMILES string of the molecule is CCc1ccc(CC(=N)N)c(OC)c1. The molecule has 0 bridgehead atoms. The fraction of sp³-hybridized carbons (Fsp3) is 0.364. The number of nitrogens with two attached hydrogens (primary N) is 1. The molecule has 0 saturated carbocycles. The highest BCUT2D eigenvalue weighted by molar-refractivity contribution is 5.80. The first-order valence-corrected chi connectivity index (χ1v) is 4.66. The largest absolute Gasteiger partial charge is 0.496 e. The van der Waals surface area contributed by atoms with Gasteiger partial charge in [0.05, 0.1) is 12.9 Å². The van der Waals surface area contributed by atoms with E-state index in [1.54, 1.807) is 7.11 Å². The summed E-state index contributed by atoms with van der Waals surface area (Å²) in [5, 5.41) is 7.22. The van der Waals surface area contributed by atoms with Gasteiger partial charge >= 0.3 is 0 Å². The number of hydrogen-bond acceptors (Lipinski definition) is 2. The van der Waals surface area contributed by atoms with Crippen LogP contribution in [-0.2, 0) is 12.8 Å². The monoisotopic (exact) mass is 192 g/mol. The Morgan fingerprint density at radius 3 is 2.71 bits per heavy atom. The maximum absolute atomic E-state index is 7.22. The minimum atomic E-state index is 0.160. The number of aryl methyl sites for hydroxylation is 1. The van der Waals surface area contributed by atoms with Gasteiger partial charge in [0.1, 0.15) is 5.75 Å². The summed E-state index contributed by atoms with van der Waals surface area (Å²) in [5.41, 5.74) is 7.55. The lowest BCUT2D eigenvalue weighted by atomic mass is 10.1. The maximum atomic E-state index is 7.22. The van der Waals surface area contributed by atoms with E-state index in [4.69, 9.17) is 15.9 Å². The molecule has 1 aromatic rings. The Hall–Kier alpha value is -1.51. The van der Waals surface area contributed by atoms with Gasteiger partial charge in [-0.15, -0.1) is 0 Å². The third-order valence-electron chi connectivity index (χ3n) is 2.14. The van der Waals surface area contributed by atoms with Crippen molar-refractivity contribution in [3.63, 3.8) is 0 Å². The van der Waals surface area contributed by atoms with Gasteiger partial charge in [0.25, 0.3) is 0 Å². The average Bonchev–Trinajstić information content (AvgIpc) is 2.17. The Morgan fingerprint density at radius 2 is 2.21 bits per heavy atom. The van der Waals surface area contributed by atoms with E-state index >= 15 is 0 Å². The third kappa shape index (κ3) is 2.49. The number of ether oxygens (including phenoxy) is 1. The van der Waals surface area contributed by atoms with Crippen LogP contribution in [0, 0.1) is 5.41 Å². The molecule has 0 saturated heterocycles. The molecule has 0 amide bonds. The molecule has 14 heavy (non-hydrogen) atoms. The van der Waals surface area contributed by atoms with Gasteiger partial charge in [0.2, 0.25) is 0 Å². The van der Waals surface area contributed by atoms with Crippen LogP contribution in [0.2, 0.25) is 0 Å². The van der Waals surface area contributed by atoms with E-state index in [9.17, 15) is 0 Å². The van der Waals surface area contributed by atoms with Gasteiger partial charge in [0, 0.05) is 12.0 Å². The fourth-order valence-electron chi connectivity index (χ4n) is 1.36. The number of hydrogen-bond donors (Lipinski definition) is 2. The van der Waals surface area contributed by atoms with Gasteiger partial charge in [-0.25, -0.2) is 0 Å². The first-order chi connectivity index (χ1) is 6.67. The second kappa shape index (κ2) is 4.65. The predicted molar refractivity (Wildman–Crippen MR) is 58.0 cm³/mol. The van der Waals surface area contributed by atoms with Gasteiger partial charge in [-0.05, 0) is 18.1 Å². The fourth-order valence-corrected chi connectivity index (χ4v) is 1.36. The summed E-state index contributed by atoms with van der Waals surface area (Å²) in [4.78, 5) is 0. The quantitative estimate of drug-likeness (QED) is 0.564. The van der Waals surface area contributed by atoms with Gasteiger partial charge in [-0.2, -0.15) is 0 Å². The zero-order valence-corrected chi connectivity index (χ0v) is 8.63. The third-order valence-corrected chi connectivity index (χ3v) is 2.14. The van der Waals surface area contributed by atoms with E-state index in [0.29, 0.717) is 6.42 Å². The number of rotatable bonds is 4. The van der Waals surface area contributed by atoms with Crippen LogP contribution in [0.5, 0.6) is 5.75 Å². The molecule has 0 spiro atoms. The van der Waals surface area contributed by atoms with Crippen LogP contribution >= 0.6 is 0 Å². The first kappa shape index (κ1) is 10.6. The molecule has 3 heteroatoms. The molecule has 1 aromatic carbocycles. The van der Waals surface area contributed by atoms with E-state index in [1.165, 1.54) is 5.56 Å². The molecule has 0 unspecified atom stereocenters. The average molecular weight is 192 g/mol. The Balaban J connectivity index is 2.98. The Labute approximate surface area is 84.4 Å². The van der Waals surface area contributed by atoms with E-state index in [0.717, 1.165) is 17.7 Å². The van der Waals surface area contributed by atoms with Crippen molar-refractivity contribution in [1.82, 2.24) is 0 Å². The summed E-state index contributed by atoms with van der Waals surface area (Å²) in [6.45, 7) is 2.10. The lowest BCUT2D eigenvalue weighted by molar-refractivity contribution is 0.410. The summed E-state index contributed by atoms with van der Waals surface area (Å²) in [7, 11) is 1.64. The van der Waals surface area contributed by atoms with Crippen LogP contribution in [0.15, 0.2) is 18.2 Å². The van der Waals surface area contributed by atoms with Crippen LogP contribution in [0.25, 0.3) is 0 Å². The standard InChI is InChI=1S/C11H16N2O/c1-3-8-4-5-9(7-11(12)13)10(6-8)14-2/h4-6H,3,7H2,1-2H3,(H3,12,13). The Morgan fingerprint density at radius 1 is 1.50 bits per heavy atom. The van der Waals surface area contributed by atoms with Gasteiger partial charge in [-0.1, -0.05) is 19.1 Å². The summed E-state index contributed by atoms with van der Waals surface area (Å²) < 4.78 is 5.24. The summed E-state index contributed by atoms with van der Waals surface area (Å²) in [6.07, 6.45) is 1.43. The molecule has 0 radical (unpaired) electrons. The van der Waals surface area contributed by atoms with Crippen molar-refractivity contribution in [3.8, 4) is 5.75 Å². The van der Waals surface area contributed by atoms with E-state index in [-0.39, 0.29) is 5.84 Å². The van der Waals surface area contributed by atoms with Crippen molar-refractivity contribution >= 4 is 5.84 Å². The highest BCUT2D eigenvalue weighted by Gasteiger charge is 2.04. The number of nitrogens with one attached hydrogen (secondary N) is 1. The van der Waals surface area contributed by atoms with Crippen molar-refractivity contribution in [2.45, 2.75) is 19.8 Å². The van der Waals surface area contributed by atoms with Crippen LogP contribution in [0.4, 0.5) is 0 Å². The van der Waals surface area contributed by atoms with Crippen LogP contribution in [0.3, 0.4) is 0 Å². The lowest BCUT2D eigenvalue weighted by Gasteiger charge is -2.09. The maximum Gasteiger partial charge on any atom is 0.122 e. The first-order valence-electron chi connectivity index (χ1n) is 4.66. The van der Waals surface area contributed by atoms with Crippen molar-refractivity contribution in [3.05, 3.63) is 29.3 Å². The number of benzene rings is 1. The zero-order valence-electron chi connectivity index (χ0n) is 8.63. The molecule has 1 rings (SSSR count). The van der Waals surface area contributed by atoms with Crippen LogP contribution < -0.4 is 10.5 Å². The predicted octanol–water partition coefficient (Wildman–Crippen LogP) is 1.74. The molecule has 0 atom stereocenters. The number of amidine groups is 1. The zero-order chi connectivity index (χ0) is 10.6. The summed E-state index contributed by atoms with van der Waals surface area (Å²) in [6, 6.07) is 6.01. The Bertz CT molecular complexity index is 334. The molecule has 0 heterocycles. The molecule has 3 nitrogen and oxygen atoms in total. The molecule has 76 valence electrons. The summed E-state index contributed by atoms with van der Waals surface area (Å²) >= 11 is 0. The minimum absolute atomic E-state index is 0.160. The normalized spacial score (nSPS) is 9.86. The van der Waals surface area contributed by atoms with Crippen molar-refractivity contribution in [1.29, 1.82) is 5.41 Å². The van der Waals surface area contributed by atoms with E-state index in [2.05, 4.69) is 6.92 Å². The molecule has 0 aromatic heterocycles. The molecule has 3 N–H and O–H groups in total. The van der Waals surface area contributed by atoms with Crippen molar-refractivity contribution in [2.75, 3.05) is 7.11 Å². The van der Waals surface area contributed by atoms with Gasteiger partial charge in [0.15, 0.2) is 0 Å². The smallest absolute Gasteiger partial charge is 0.122 e. The molecule has 0 aliphatic carbocycles. The minimum Gasteiger partial charge on any atom is -0.496 e. The highest BCUT2D eigenvalue weighted by Crippen LogP contribution is 2.20. The van der Waals surface area contributed by atoms with E-state index in [1.807, 2.05) is 18.2 Å². The Kier molecular flexibility index (Phi) is 3.51. The molecule has 0 aliphatic rings.